The molecule has 6 nitrogen and oxygen atoms in total. The molecule has 2 aromatic rings. The molecule has 1 fully saturated rings. The Hall–Kier alpha value is -1.69. The van der Waals surface area contributed by atoms with Crippen molar-refractivity contribution in [2.45, 2.75) is 6.92 Å². The molecule has 0 aliphatic carbocycles. The van der Waals surface area contributed by atoms with Crippen LogP contribution in [0, 0.1) is 6.92 Å². The summed E-state index contributed by atoms with van der Waals surface area (Å²) in [6.07, 6.45) is 1.69. The van der Waals surface area contributed by atoms with Crippen LogP contribution in [0.15, 0.2) is 10.7 Å². The third-order valence-electron chi connectivity index (χ3n) is 2.74. The summed E-state index contributed by atoms with van der Waals surface area (Å²) in [7, 11) is 0. The minimum atomic E-state index is 0.570. The van der Waals surface area contributed by atoms with Crippen molar-refractivity contribution in [3.63, 3.8) is 0 Å². The van der Waals surface area contributed by atoms with Gasteiger partial charge in [0, 0.05) is 26.2 Å². The fourth-order valence-electron chi connectivity index (χ4n) is 1.97. The van der Waals surface area contributed by atoms with Crippen LogP contribution in [-0.2, 0) is 0 Å². The van der Waals surface area contributed by atoms with Gasteiger partial charge >= 0.3 is 0 Å². The molecule has 0 unspecified atom stereocenters. The molecule has 84 valence electrons. The summed E-state index contributed by atoms with van der Waals surface area (Å²) >= 11 is 0. The van der Waals surface area contributed by atoms with Crippen LogP contribution in [0.25, 0.3) is 11.1 Å². The molecule has 6 heteroatoms. The van der Waals surface area contributed by atoms with Gasteiger partial charge in [0.2, 0.25) is 0 Å². The van der Waals surface area contributed by atoms with Gasteiger partial charge in [0.15, 0.2) is 0 Å². The van der Waals surface area contributed by atoms with E-state index in [1.54, 1.807) is 6.20 Å². The molecule has 0 amide bonds. The van der Waals surface area contributed by atoms with Crippen LogP contribution in [-0.4, -0.2) is 41.3 Å². The van der Waals surface area contributed by atoms with Crippen molar-refractivity contribution in [2.75, 3.05) is 31.1 Å². The number of rotatable bonds is 1. The van der Waals surface area contributed by atoms with Gasteiger partial charge in [-0.15, -0.1) is 0 Å². The number of piperazine rings is 1. The van der Waals surface area contributed by atoms with Gasteiger partial charge in [0.25, 0.3) is 5.71 Å². The average Bonchev–Trinajstić information content (AvgIpc) is 2.77. The van der Waals surface area contributed by atoms with E-state index in [0.29, 0.717) is 5.71 Å². The van der Waals surface area contributed by atoms with Crippen LogP contribution in [0.1, 0.15) is 5.82 Å². The second-order valence-electron chi connectivity index (χ2n) is 3.88. The van der Waals surface area contributed by atoms with Crippen molar-refractivity contribution in [1.82, 2.24) is 20.4 Å². The molecule has 1 aliphatic heterocycles. The maximum Gasteiger partial charge on any atom is 0.263 e. The van der Waals surface area contributed by atoms with Gasteiger partial charge < -0.3 is 14.7 Å². The molecular weight excluding hydrogens is 206 g/mol. The minimum absolute atomic E-state index is 0.570. The standard InChI is InChI=1S/C10H13N5O/c1-7-13-9(15-4-2-11-3-5-15)8-6-12-16-10(8)14-7/h6,11H,2-5H2,1H3. The average molecular weight is 219 g/mol. The molecule has 1 saturated heterocycles. The Morgan fingerprint density at radius 3 is 2.94 bits per heavy atom. The van der Waals surface area contributed by atoms with E-state index < -0.39 is 0 Å². The molecule has 1 N–H and O–H groups in total. The predicted molar refractivity (Wildman–Crippen MR) is 59.4 cm³/mol. The number of fused-ring (bicyclic) bond motifs is 1. The molecule has 3 rings (SSSR count). The van der Waals surface area contributed by atoms with Crippen molar-refractivity contribution in [1.29, 1.82) is 0 Å². The molecule has 2 aromatic heterocycles. The van der Waals surface area contributed by atoms with Crippen molar-refractivity contribution in [3.8, 4) is 0 Å². The lowest BCUT2D eigenvalue weighted by Gasteiger charge is -2.28. The lowest BCUT2D eigenvalue weighted by molar-refractivity contribution is 0.447. The number of hydrogen-bond donors (Lipinski definition) is 1. The summed E-state index contributed by atoms with van der Waals surface area (Å²) < 4.78 is 5.09. The van der Waals surface area contributed by atoms with E-state index in [9.17, 15) is 0 Å². The zero-order valence-electron chi connectivity index (χ0n) is 9.10. The van der Waals surface area contributed by atoms with Crippen LogP contribution >= 0.6 is 0 Å². The largest absolute Gasteiger partial charge is 0.353 e. The van der Waals surface area contributed by atoms with Crippen LogP contribution < -0.4 is 10.2 Å². The van der Waals surface area contributed by atoms with Gasteiger partial charge in [-0.2, -0.15) is 4.98 Å². The third-order valence-corrected chi connectivity index (χ3v) is 2.74. The smallest absolute Gasteiger partial charge is 0.263 e. The highest BCUT2D eigenvalue weighted by Crippen LogP contribution is 2.23. The molecule has 16 heavy (non-hydrogen) atoms. The number of anilines is 1. The highest BCUT2D eigenvalue weighted by molar-refractivity contribution is 5.85. The van der Waals surface area contributed by atoms with Crippen molar-refractivity contribution >= 4 is 16.9 Å². The summed E-state index contributed by atoms with van der Waals surface area (Å²) in [5.41, 5.74) is 0.570. The fourth-order valence-corrected chi connectivity index (χ4v) is 1.97. The Bertz CT molecular complexity index is 503. The Morgan fingerprint density at radius 2 is 2.12 bits per heavy atom. The maximum atomic E-state index is 5.09. The van der Waals surface area contributed by atoms with Gasteiger partial charge in [0.05, 0.1) is 6.20 Å². The summed E-state index contributed by atoms with van der Waals surface area (Å²) in [4.78, 5) is 10.9. The number of nitrogens with zero attached hydrogens (tertiary/aromatic N) is 4. The van der Waals surface area contributed by atoms with Crippen LogP contribution in [0.5, 0.6) is 0 Å². The van der Waals surface area contributed by atoms with Gasteiger partial charge in [-0.25, -0.2) is 4.98 Å². The molecule has 1 aliphatic rings. The van der Waals surface area contributed by atoms with Crippen molar-refractivity contribution in [2.24, 2.45) is 0 Å². The van der Waals surface area contributed by atoms with Gasteiger partial charge in [-0.3, -0.25) is 0 Å². The summed E-state index contributed by atoms with van der Waals surface area (Å²) in [5.74, 6) is 1.66. The number of hydrogen-bond acceptors (Lipinski definition) is 6. The first-order valence-electron chi connectivity index (χ1n) is 5.39. The molecule has 0 radical (unpaired) electrons. The first-order chi connectivity index (χ1) is 7.84. The van der Waals surface area contributed by atoms with Crippen molar-refractivity contribution in [3.05, 3.63) is 12.0 Å². The predicted octanol–water partition coefficient (Wildman–Crippen LogP) is 0.336. The molecular formula is C10H13N5O. The molecule has 0 bridgehead atoms. The van der Waals surface area contributed by atoms with E-state index >= 15 is 0 Å². The normalized spacial score (nSPS) is 16.9. The van der Waals surface area contributed by atoms with Crippen LogP contribution in [0.3, 0.4) is 0 Å². The quantitative estimate of drug-likeness (QED) is 0.745. The highest BCUT2D eigenvalue weighted by atomic mass is 16.5. The number of aryl methyl sites for hydroxylation is 1. The van der Waals surface area contributed by atoms with Gasteiger partial charge in [-0.1, -0.05) is 5.16 Å². The summed E-state index contributed by atoms with van der Waals surface area (Å²) in [5, 5.41) is 7.99. The molecule has 0 saturated carbocycles. The van der Waals surface area contributed by atoms with E-state index in [2.05, 4.69) is 25.3 Å². The second-order valence-corrected chi connectivity index (χ2v) is 3.88. The topological polar surface area (TPSA) is 67.1 Å². The Morgan fingerprint density at radius 1 is 1.31 bits per heavy atom. The minimum Gasteiger partial charge on any atom is -0.353 e. The Balaban J connectivity index is 2.09. The summed E-state index contributed by atoms with van der Waals surface area (Å²) in [6, 6.07) is 0. The first-order valence-corrected chi connectivity index (χ1v) is 5.39. The maximum absolute atomic E-state index is 5.09. The van der Waals surface area contributed by atoms with Crippen molar-refractivity contribution < 1.29 is 4.52 Å². The Labute approximate surface area is 92.6 Å². The zero-order valence-corrected chi connectivity index (χ0v) is 9.10. The first kappa shape index (κ1) is 9.53. The van der Waals surface area contributed by atoms with Gasteiger partial charge in [0.1, 0.15) is 17.0 Å². The van der Waals surface area contributed by atoms with E-state index in [1.165, 1.54) is 0 Å². The number of nitrogens with one attached hydrogen (secondary N) is 1. The second kappa shape index (κ2) is 3.71. The van der Waals surface area contributed by atoms with E-state index in [4.69, 9.17) is 4.52 Å². The van der Waals surface area contributed by atoms with E-state index in [0.717, 1.165) is 43.2 Å². The van der Waals surface area contributed by atoms with E-state index in [-0.39, 0.29) is 0 Å². The molecule has 0 spiro atoms. The van der Waals surface area contributed by atoms with E-state index in [1.807, 2.05) is 6.92 Å². The Kier molecular flexibility index (Phi) is 2.21. The lowest BCUT2D eigenvalue weighted by atomic mass is 10.3. The van der Waals surface area contributed by atoms with Crippen LogP contribution in [0.4, 0.5) is 5.82 Å². The lowest BCUT2D eigenvalue weighted by Crippen LogP contribution is -2.44. The molecule has 0 aromatic carbocycles. The van der Waals surface area contributed by atoms with Gasteiger partial charge in [-0.05, 0) is 6.92 Å². The molecule has 0 atom stereocenters. The highest BCUT2D eigenvalue weighted by Gasteiger charge is 2.17. The fraction of sp³-hybridized carbons (Fsp3) is 0.500. The third kappa shape index (κ3) is 1.51. The zero-order chi connectivity index (χ0) is 11.0. The molecule has 3 heterocycles. The summed E-state index contributed by atoms with van der Waals surface area (Å²) in [6.45, 7) is 5.74. The van der Waals surface area contributed by atoms with Crippen LogP contribution in [0.2, 0.25) is 0 Å². The number of aromatic nitrogens is 3. The monoisotopic (exact) mass is 219 g/mol. The SMILES string of the molecule is Cc1nc(N2CCNCC2)c2cnoc2n1.